The fourth-order valence-corrected chi connectivity index (χ4v) is 6.41. The molecule has 0 saturated heterocycles. The zero-order valence-electron chi connectivity index (χ0n) is 20.7. The summed E-state index contributed by atoms with van der Waals surface area (Å²) in [5, 5.41) is 10.7. The van der Waals surface area contributed by atoms with Crippen molar-refractivity contribution in [2.45, 2.75) is 13.3 Å². The largest absolute Gasteiger partial charge is 0.309 e. The van der Waals surface area contributed by atoms with Crippen LogP contribution in [0.2, 0.25) is 0 Å². The first kappa shape index (κ1) is 20.6. The average Bonchev–Trinajstić information content (AvgIpc) is 3.29. The lowest BCUT2D eigenvalue weighted by atomic mass is 9.88. The van der Waals surface area contributed by atoms with Gasteiger partial charge in [-0.15, -0.1) is 0 Å². The molecular formula is C36H25N. The number of fused-ring (bicyclic) bond motifs is 3. The Kier molecular flexibility index (Phi) is 4.27. The van der Waals surface area contributed by atoms with Crippen LogP contribution in [0.25, 0.3) is 70.9 Å². The van der Waals surface area contributed by atoms with E-state index >= 15 is 0 Å². The average molecular weight is 472 g/mol. The van der Waals surface area contributed by atoms with Gasteiger partial charge in [0.1, 0.15) is 0 Å². The number of aromatic nitrogens is 1. The van der Waals surface area contributed by atoms with E-state index < -0.39 is 0 Å². The molecule has 0 aliphatic carbocycles. The minimum atomic E-state index is 1.04. The molecule has 1 heterocycles. The fraction of sp³-hybridized carbons (Fsp3) is 0.0556. The molecule has 0 amide bonds. The lowest BCUT2D eigenvalue weighted by molar-refractivity contribution is 1.16. The maximum Gasteiger partial charge on any atom is 0.0547 e. The first-order valence-corrected chi connectivity index (χ1v) is 13.1. The number of hydrogen-bond donors (Lipinski definition) is 0. The zero-order valence-corrected chi connectivity index (χ0v) is 20.7. The molecule has 0 unspecified atom stereocenters. The van der Waals surface area contributed by atoms with Gasteiger partial charge in [-0.05, 0) is 79.7 Å². The summed E-state index contributed by atoms with van der Waals surface area (Å²) in [5.41, 5.74) is 7.62. The molecule has 8 aromatic rings. The maximum absolute atomic E-state index is 2.40. The second-order valence-electron chi connectivity index (χ2n) is 10.0. The van der Waals surface area contributed by atoms with Crippen LogP contribution in [-0.2, 0) is 6.42 Å². The molecule has 174 valence electrons. The quantitative estimate of drug-likeness (QED) is 0.226. The molecule has 0 atom stereocenters. The van der Waals surface area contributed by atoms with Crippen LogP contribution < -0.4 is 0 Å². The van der Waals surface area contributed by atoms with Crippen molar-refractivity contribution in [2.75, 3.05) is 0 Å². The van der Waals surface area contributed by atoms with Gasteiger partial charge in [-0.25, -0.2) is 0 Å². The summed E-state index contributed by atoms with van der Waals surface area (Å²) < 4.78 is 2.40. The van der Waals surface area contributed by atoms with Crippen molar-refractivity contribution in [1.29, 1.82) is 0 Å². The van der Waals surface area contributed by atoms with E-state index in [1.165, 1.54) is 76.5 Å². The van der Waals surface area contributed by atoms with Crippen molar-refractivity contribution in [3.63, 3.8) is 0 Å². The van der Waals surface area contributed by atoms with Gasteiger partial charge in [-0.1, -0.05) is 104 Å². The van der Waals surface area contributed by atoms with Crippen LogP contribution in [0.15, 0.2) is 121 Å². The SMILES string of the molecule is CCc1ccc2ccc3c(-c4ccc5c6ccccc6n(-c6ccccc6)c5c4)ccc4ccc1c2c43. The molecule has 0 saturated carbocycles. The highest BCUT2D eigenvalue weighted by Crippen LogP contribution is 2.42. The molecule has 0 spiro atoms. The first-order valence-electron chi connectivity index (χ1n) is 13.1. The van der Waals surface area contributed by atoms with E-state index in [2.05, 4.69) is 133 Å². The molecule has 1 heteroatoms. The van der Waals surface area contributed by atoms with Gasteiger partial charge in [0, 0.05) is 16.5 Å². The summed E-state index contributed by atoms with van der Waals surface area (Å²) in [5.74, 6) is 0. The van der Waals surface area contributed by atoms with Crippen LogP contribution in [0, 0.1) is 0 Å². The summed E-state index contributed by atoms with van der Waals surface area (Å²) >= 11 is 0. The van der Waals surface area contributed by atoms with Gasteiger partial charge in [0.15, 0.2) is 0 Å². The Labute approximate surface area is 215 Å². The number of nitrogens with zero attached hydrogens (tertiary/aromatic N) is 1. The minimum absolute atomic E-state index is 1.04. The van der Waals surface area contributed by atoms with Crippen LogP contribution in [-0.4, -0.2) is 4.57 Å². The topological polar surface area (TPSA) is 4.93 Å². The highest BCUT2D eigenvalue weighted by molar-refractivity contribution is 6.26. The van der Waals surface area contributed by atoms with Crippen LogP contribution in [0.5, 0.6) is 0 Å². The Hall–Kier alpha value is -4.62. The third kappa shape index (κ3) is 2.86. The smallest absolute Gasteiger partial charge is 0.0547 e. The molecule has 1 aromatic heterocycles. The van der Waals surface area contributed by atoms with Crippen LogP contribution in [0.4, 0.5) is 0 Å². The summed E-state index contributed by atoms with van der Waals surface area (Å²) in [4.78, 5) is 0. The van der Waals surface area contributed by atoms with E-state index in [1.54, 1.807) is 0 Å². The monoisotopic (exact) mass is 471 g/mol. The van der Waals surface area contributed by atoms with Crippen molar-refractivity contribution in [3.8, 4) is 16.8 Å². The van der Waals surface area contributed by atoms with Crippen molar-refractivity contribution in [3.05, 3.63) is 127 Å². The number of benzene rings is 7. The van der Waals surface area contributed by atoms with Crippen LogP contribution in [0.1, 0.15) is 12.5 Å². The predicted octanol–water partition coefficient (Wildman–Crippen LogP) is 9.91. The van der Waals surface area contributed by atoms with E-state index in [1.807, 2.05) is 0 Å². The number of para-hydroxylation sites is 2. The van der Waals surface area contributed by atoms with Gasteiger partial charge in [-0.3, -0.25) is 0 Å². The fourth-order valence-electron chi connectivity index (χ4n) is 6.41. The molecular weight excluding hydrogens is 446 g/mol. The van der Waals surface area contributed by atoms with Crippen LogP contribution >= 0.6 is 0 Å². The summed E-state index contributed by atoms with van der Waals surface area (Å²) in [6.45, 7) is 2.25. The summed E-state index contributed by atoms with van der Waals surface area (Å²) in [7, 11) is 0. The second-order valence-corrected chi connectivity index (χ2v) is 10.0. The number of hydrogen-bond acceptors (Lipinski definition) is 0. The second kappa shape index (κ2) is 7.69. The summed E-state index contributed by atoms with van der Waals surface area (Å²) in [6.07, 6.45) is 1.04. The van der Waals surface area contributed by atoms with Gasteiger partial charge < -0.3 is 4.57 Å². The predicted molar refractivity (Wildman–Crippen MR) is 159 cm³/mol. The minimum Gasteiger partial charge on any atom is -0.309 e. The molecule has 0 bridgehead atoms. The van der Waals surface area contributed by atoms with Crippen molar-refractivity contribution >= 4 is 54.1 Å². The van der Waals surface area contributed by atoms with E-state index in [0.717, 1.165) is 6.42 Å². The molecule has 8 rings (SSSR count). The molecule has 0 aliphatic rings. The Bertz CT molecular complexity index is 2110. The van der Waals surface area contributed by atoms with E-state index in [4.69, 9.17) is 0 Å². The normalized spacial score (nSPS) is 12.0. The van der Waals surface area contributed by atoms with Gasteiger partial charge in [0.2, 0.25) is 0 Å². The Balaban J connectivity index is 1.46. The highest BCUT2D eigenvalue weighted by atomic mass is 15.0. The molecule has 0 aliphatic heterocycles. The molecule has 1 nitrogen and oxygen atoms in total. The van der Waals surface area contributed by atoms with E-state index in [-0.39, 0.29) is 0 Å². The lowest BCUT2D eigenvalue weighted by Gasteiger charge is -2.16. The third-order valence-electron chi connectivity index (χ3n) is 8.13. The lowest BCUT2D eigenvalue weighted by Crippen LogP contribution is -1.93. The van der Waals surface area contributed by atoms with Gasteiger partial charge in [0.05, 0.1) is 11.0 Å². The van der Waals surface area contributed by atoms with Gasteiger partial charge >= 0.3 is 0 Å². The Morgan fingerprint density at radius 2 is 1.16 bits per heavy atom. The molecule has 0 fully saturated rings. The van der Waals surface area contributed by atoms with Gasteiger partial charge in [-0.2, -0.15) is 0 Å². The molecule has 37 heavy (non-hydrogen) atoms. The van der Waals surface area contributed by atoms with Gasteiger partial charge in [0.25, 0.3) is 0 Å². The van der Waals surface area contributed by atoms with Crippen LogP contribution in [0.3, 0.4) is 0 Å². The Morgan fingerprint density at radius 1 is 0.514 bits per heavy atom. The van der Waals surface area contributed by atoms with Crippen molar-refractivity contribution in [1.82, 2.24) is 4.57 Å². The first-order chi connectivity index (χ1) is 18.3. The molecule has 0 N–H and O–H groups in total. The molecule has 0 radical (unpaired) electrons. The maximum atomic E-state index is 2.40. The Morgan fingerprint density at radius 3 is 2.00 bits per heavy atom. The highest BCUT2D eigenvalue weighted by Gasteiger charge is 2.16. The third-order valence-corrected chi connectivity index (χ3v) is 8.13. The number of aryl methyl sites for hydroxylation is 1. The number of rotatable bonds is 3. The zero-order chi connectivity index (χ0) is 24.5. The molecule has 7 aromatic carbocycles. The van der Waals surface area contributed by atoms with E-state index in [0.29, 0.717) is 0 Å². The van der Waals surface area contributed by atoms with Crippen molar-refractivity contribution in [2.24, 2.45) is 0 Å². The summed E-state index contributed by atoms with van der Waals surface area (Å²) in [6, 6.07) is 44.8. The van der Waals surface area contributed by atoms with Crippen molar-refractivity contribution < 1.29 is 0 Å². The van der Waals surface area contributed by atoms with E-state index in [9.17, 15) is 0 Å². The standard InChI is InChI=1S/C36H25N/c1-2-23-12-13-24-16-21-32-28(18-14-25-15-19-29(23)35(24)36(25)32)26-17-20-31-30-10-6-7-11-33(30)37(34(31)22-26)27-8-4-3-5-9-27/h3-22H,2H2,1H3.